The molecule has 45 heavy (non-hydrogen) atoms. The van der Waals surface area contributed by atoms with Crippen LogP contribution in [0.4, 0.5) is 0 Å². The maximum atomic E-state index is 13.8. The normalized spacial score (nSPS) is 14.4. The molecule has 0 spiro atoms. The van der Waals surface area contributed by atoms with Crippen LogP contribution in [0.3, 0.4) is 0 Å². The Kier molecular flexibility index (Phi) is 12.3. The number of nitrogens with two attached hydrogens (primary N) is 3. The van der Waals surface area contributed by atoms with Crippen molar-refractivity contribution in [1.29, 1.82) is 0 Å². The summed E-state index contributed by atoms with van der Waals surface area (Å²) in [6.07, 6.45) is 0.857. The van der Waals surface area contributed by atoms with E-state index in [4.69, 9.17) is 17.2 Å². The average Bonchev–Trinajstić information content (AvgIpc) is 3.40. The number of rotatable bonds is 16. The van der Waals surface area contributed by atoms with Gasteiger partial charge in [-0.2, -0.15) is 0 Å². The SMILES string of the molecule is CC(O)C(NC(=O)C(Cc1ccc(O)cc1)NC(=O)C(Cc1c[nH]c2ccccc12)NC(=O)C(N)CCCN=C(N)N)C(=O)O. The predicted molar refractivity (Wildman–Crippen MR) is 167 cm³/mol. The average molecular weight is 625 g/mol. The highest BCUT2D eigenvalue weighted by Gasteiger charge is 2.32. The van der Waals surface area contributed by atoms with E-state index >= 15 is 0 Å². The molecular weight excluding hydrogens is 584 g/mol. The monoisotopic (exact) mass is 624 g/mol. The summed E-state index contributed by atoms with van der Waals surface area (Å²) in [7, 11) is 0. The van der Waals surface area contributed by atoms with Gasteiger partial charge in [0.2, 0.25) is 17.7 Å². The van der Waals surface area contributed by atoms with Crippen molar-refractivity contribution in [2.24, 2.45) is 22.2 Å². The van der Waals surface area contributed by atoms with Crippen molar-refractivity contribution < 1.29 is 34.5 Å². The van der Waals surface area contributed by atoms with Crippen LogP contribution in [0.25, 0.3) is 10.9 Å². The largest absolute Gasteiger partial charge is 0.508 e. The minimum absolute atomic E-state index is 0.0139. The molecule has 242 valence electrons. The van der Waals surface area contributed by atoms with E-state index in [0.717, 1.165) is 10.9 Å². The summed E-state index contributed by atoms with van der Waals surface area (Å²) in [5.41, 5.74) is 18.8. The molecule has 3 aromatic rings. The van der Waals surface area contributed by atoms with Gasteiger partial charge in [-0.25, -0.2) is 4.79 Å². The first-order chi connectivity index (χ1) is 21.3. The molecule has 13 N–H and O–H groups in total. The number of aliphatic hydroxyl groups excluding tert-OH is 1. The smallest absolute Gasteiger partial charge is 0.328 e. The van der Waals surface area contributed by atoms with Crippen LogP contribution in [0.1, 0.15) is 30.9 Å². The maximum absolute atomic E-state index is 13.8. The number of H-pyrrole nitrogens is 1. The third kappa shape index (κ3) is 10.2. The first-order valence-corrected chi connectivity index (χ1v) is 14.3. The number of carboxylic acid groups (broad SMARTS) is 1. The van der Waals surface area contributed by atoms with Crippen molar-refractivity contribution in [3.05, 3.63) is 65.9 Å². The summed E-state index contributed by atoms with van der Waals surface area (Å²) in [4.78, 5) is 58.9. The van der Waals surface area contributed by atoms with Gasteiger partial charge in [0.05, 0.1) is 12.1 Å². The minimum Gasteiger partial charge on any atom is -0.508 e. The predicted octanol–water partition coefficient (Wildman–Crippen LogP) is -1.04. The quantitative estimate of drug-likeness (QED) is 0.0525. The van der Waals surface area contributed by atoms with Gasteiger partial charge in [-0.1, -0.05) is 30.3 Å². The molecule has 15 nitrogen and oxygen atoms in total. The van der Waals surface area contributed by atoms with Gasteiger partial charge < -0.3 is 53.5 Å². The Balaban J connectivity index is 1.87. The lowest BCUT2D eigenvalue weighted by Crippen LogP contribution is -2.59. The number of carbonyl (C=O) groups excluding carboxylic acids is 3. The highest BCUT2D eigenvalue weighted by Crippen LogP contribution is 2.20. The number of fused-ring (bicyclic) bond motifs is 1. The van der Waals surface area contributed by atoms with E-state index < -0.39 is 54.0 Å². The number of benzene rings is 2. The van der Waals surface area contributed by atoms with Crippen molar-refractivity contribution in [3.8, 4) is 5.75 Å². The first-order valence-electron chi connectivity index (χ1n) is 14.3. The molecule has 2 aromatic carbocycles. The van der Waals surface area contributed by atoms with Gasteiger partial charge in [-0.05, 0) is 49.1 Å². The van der Waals surface area contributed by atoms with Crippen LogP contribution >= 0.6 is 0 Å². The number of aliphatic carboxylic acids is 1. The number of aliphatic imine (C=N–C) groups is 1. The van der Waals surface area contributed by atoms with Gasteiger partial charge in [0.1, 0.15) is 17.8 Å². The fourth-order valence-corrected chi connectivity index (χ4v) is 4.65. The molecule has 0 aliphatic heterocycles. The van der Waals surface area contributed by atoms with E-state index in [-0.39, 0.29) is 37.5 Å². The second-order valence-corrected chi connectivity index (χ2v) is 10.7. The van der Waals surface area contributed by atoms with Crippen molar-refractivity contribution in [2.75, 3.05) is 6.54 Å². The number of aromatic nitrogens is 1. The minimum atomic E-state index is -1.64. The number of aliphatic hydroxyl groups is 1. The second-order valence-electron chi connectivity index (χ2n) is 10.7. The number of carbonyl (C=O) groups is 4. The number of hydrogen-bond acceptors (Lipinski definition) is 8. The van der Waals surface area contributed by atoms with E-state index in [1.807, 2.05) is 24.3 Å². The Morgan fingerprint density at radius 3 is 2.18 bits per heavy atom. The van der Waals surface area contributed by atoms with Crippen molar-refractivity contribution in [2.45, 2.75) is 62.9 Å². The number of aromatic amines is 1. The zero-order valence-electron chi connectivity index (χ0n) is 24.8. The van der Waals surface area contributed by atoms with E-state index in [1.165, 1.54) is 31.2 Å². The number of carboxylic acids is 1. The zero-order valence-corrected chi connectivity index (χ0v) is 24.8. The summed E-state index contributed by atoms with van der Waals surface area (Å²) in [6.45, 7) is 1.47. The van der Waals surface area contributed by atoms with Crippen LogP contribution in [-0.4, -0.2) is 86.8 Å². The Hall–Kier alpha value is -5.15. The van der Waals surface area contributed by atoms with E-state index in [0.29, 0.717) is 17.5 Å². The molecule has 0 radical (unpaired) electrons. The van der Waals surface area contributed by atoms with Gasteiger partial charge in [0.25, 0.3) is 0 Å². The highest BCUT2D eigenvalue weighted by atomic mass is 16.4. The number of nitrogens with one attached hydrogen (secondary N) is 4. The lowest BCUT2D eigenvalue weighted by molar-refractivity contribution is -0.145. The van der Waals surface area contributed by atoms with E-state index in [1.54, 1.807) is 6.20 Å². The number of hydrogen-bond donors (Lipinski definition) is 10. The Morgan fingerprint density at radius 2 is 1.53 bits per heavy atom. The molecule has 0 aliphatic carbocycles. The third-order valence-electron chi connectivity index (χ3n) is 7.09. The number of phenols is 1. The molecule has 5 unspecified atom stereocenters. The molecule has 0 saturated carbocycles. The molecule has 0 fully saturated rings. The fraction of sp³-hybridized carbons (Fsp3) is 0.367. The van der Waals surface area contributed by atoms with Crippen LogP contribution < -0.4 is 33.2 Å². The first kappa shape index (κ1) is 34.3. The van der Waals surface area contributed by atoms with Crippen LogP contribution in [0.5, 0.6) is 5.75 Å². The lowest BCUT2D eigenvalue weighted by Gasteiger charge is -2.26. The molecule has 3 rings (SSSR count). The van der Waals surface area contributed by atoms with Gasteiger partial charge in [-0.15, -0.1) is 0 Å². The Bertz CT molecular complexity index is 1500. The molecule has 3 amide bonds. The number of guanidine groups is 1. The molecule has 15 heteroatoms. The molecular formula is C30H40N8O7. The van der Waals surface area contributed by atoms with Crippen LogP contribution in [0.2, 0.25) is 0 Å². The third-order valence-corrected chi connectivity index (χ3v) is 7.09. The van der Waals surface area contributed by atoms with Gasteiger partial charge >= 0.3 is 5.97 Å². The van der Waals surface area contributed by atoms with Crippen LogP contribution in [0, 0.1) is 0 Å². The number of aromatic hydroxyl groups is 1. The number of phenolic OH excluding ortho intramolecular Hbond substituents is 1. The summed E-state index contributed by atoms with van der Waals surface area (Å²) >= 11 is 0. The molecule has 5 atom stereocenters. The standard InChI is InChI=1S/C30H40N8O7/c1-16(39)25(29(44)45)38-28(43)23(13-17-8-10-19(40)11-9-17)37-27(42)24(14-18-15-35-22-7-3-2-5-20(18)22)36-26(41)21(31)6-4-12-34-30(32)33/h2-3,5,7-11,15-16,21,23-25,35,39-40H,4,6,12-14,31H2,1H3,(H,36,41)(H,37,42)(H,38,43)(H,44,45)(H4,32,33,34). The molecule has 1 aromatic heterocycles. The Morgan fingerprint density at radius 1 is 0.911 bits per heavy atom. The van der Waals surface area contributed by atoms with E-state index in [9.17, 15) is 34.5 Å². The summed E-state index contributed by atoms with van der Waals surface area (Å²) in [6, 6.07) is 8.13. The number of nitrogens with zero attached hydrogens (tertiary/aromatic N) is 1. The number of para-hydroxylation sites is 1. The molecule has 0 aliphatic rings. The molecule has 0 bridgehead atoms. The van der Waals surface area contributed by atoms with Crippen molar-refractivity contribution in [1.82, 2.24) is 20.9 Å². The van der Waals surface area contributed by atoms with Crippen LogP contribution in [-0.2, 0) is 32.0 Å². The Labute approximate surface area is 259 Å². The molecule has 0 saturated heterocycles. The molecule has 1 heterocycles. The van der Waals surface area contributed by atoms with E-state index in [2.05, 4.69) is 25.9 Å². The second kappa shape index (κ2) is 16.1. The van der Waals surface area contributed by atoms with Gasteiger partial charge in [0, 0.05) is 36.5 Å². The summed E-state index contributed by atoms with van der Waals surface area (Å²) < 4.78 is 0. The van der Waals surface area contributed by atoms with Gasteiger partial charge in [-0.3, -0.25) is 19.4 Å². The summed E-state index contributed by atoms with van der Waals surface area (Å²) in [5, 5.41) is 37.5. The zero-order chi connectivity index (χ0) is 33.1. The number of amides is 3. The lowest BCUT2D eigenvalue weighted by atomic mass is 10.0. The highest BCUT2D eigenvalue weighted by molar-refractivity contribution is 5.95. The summed E-state index contributed by atoms with van der Waals surface area (Å²) in [5.74, 6) is -3.79. The van der Waals surface area contributed by atoms with Crippen molar-refractivity contribution in [3.63, 3.8) is 0 Å². The maximum Gasteiger partial charge on any atom is 0.328 e. The topological polar surface area (TPSA) is 271 Å². The van der Waals surface area contributed by atoms with Gasteiger partial charge in [0.15, 0.2) is 12.0 Å². The fourth-order valence-electron chi connectivity index (χ4n) is 4.65. The van der Waals surface area contributed by atoms with Crippen molar-refractivity contribution >= 4 is 40.6 Å². The van der Waals surface area contributed by atoms with Crippen LogP contribution in [0.15, 0.2) is 59.7 Å².